The van der Waals surface area contributed by atoms with E-state index in [2.05, 4.69) is 26.9 Å². The summed E-state index contributed by atoms with van der Waals surface area (Å²) >= 11 is 6.40. The van der Waals surface area contributed by atoms with E-state index in [1.807, 2.05) is 0 Å². The molecule has 0 radical (unpaired) electrons. The van der Waals surface area contributed by atoms with Crippen molar-refractivity contribution in [1.29, 1.82) is 0 Å². The maximum absolute atomic E-state index is 14.4. The van der Waals surface area contributed by atoms with Crippen LogP contribution in [0.5, 0.6) is 5.75 Å². The van der Waals surface area contributed by atoms with Crippen LogP contribution in [0, 0.1) is 11.3 Å². The molecule has 5 rings (SSSR count). The van der Waals surface area contributed by atoms with Crippen molar-refractivity contribution in [2.45, 2.75) is 108 Å². The van der Waals surface area contributed by atoms with Crippen LogP contribution in [0.15, 0.2) is 43.1 Å². The second kappa shape index (κ2) is 13.7. The summed E-state index contributed by atoms with van der Waals surface area (Å²) in [5.74, 6) is -1.95. The molecule has 5 atom stereocenters. The number of rotatable bonds is 11. The lowest BCUT2D eigenvalue weighted by Gasteiger charge is -2.36. The van der Waals surface area contributed by atoms with Crippen LogP contribution in [0.25, 0.3) is 10.9 Å². The van der Waals surface area contributed by atoms with Crippen molar-refractivity contribution in [1.82, 2.24) is 25.2 Å². The normalized spacial score (nSPS) is 24.2. The van der Waals surface area contributed by atoms with E-state index in [1.165, 1.54) is 4.90 Å². The fourth-order valence-electron chi connectivity index (χ4n) is 6.26. The average Bonchev–Trinajstić information content (AvgIpc) is 3.92. The number of carbonyl (C=O) groups excluding carboxylic acids is 4. The number of amides is 4. The first kappa shape index (κ1) is 37.3. The number of ether oxygens (including phenoxy) is 2. The summed E-state index contributed by atoms with van der Waals surface area (Å²) in [4.78, 5) is 60.7. The van der Waals surface area contributed by atoms with Gasteiger partial charge in [-0.3, -0.25) is 24.1 Å². The van der Waals surface area contributed by atoms with E-state index in [0.717, 1.165) is 0 Å². The molecular formula is C35H46ClN5O8S. The average molecular weight is 732 g/mol. The van der Waals surface area contributed by atoms with Gasteiger partial charge in [0.25, 0.3) is 5.91 Å². The van der Waals surface area contributed by atoms with E-state index >= 15 is 0 Å². The largest absolute Gasteiger partial charge is 0.488 e. The van der Waals surface area contributed by atoms with Crippen molar-refractivity contribution in [2.75, 3.05) is 6.54 Å². The van der Waals surface area contributed by atoms with Crippen LogP contribution in [0.1, 0.15) is 73.6 Å². The zero-order valence-corrected chi connectivity index (χ0v) is 30.8. The Morgan fingerprint density at radius 3 is 2.46 bits per heavy atom. The molecule has 4 amide bonds. The zero-order valence-electron chi connectivity index (χ0n) is 29.2. The molecule has 1 aromatic heterocycles. The molecule has 1 aromatic carbocycles. The van der Waals surface area contributed by atoms with E-state index in [0.29, 0.717) is 40.9 Å². The molecule has 0 bridgehead atoms. The van der Waals surface area contributed by atoms with Crippen LogP contribution < -0.4 is 20.1 Å². The predicted molar refractivity (Wildman–Crippen MR) is 188 cm³/mol. The summed E-state index contributed by atoms with van der Waals surface area (Å²) in [7, 11) is -3.89. The number of alkyl carbamates (subject to hydrolysis) is 1. The molecule has 2 saturated carbocycles. The molecule has 3 fully saturated rings. The highest BCUT2D eigenvalue weighted by Crippen LogP contribution is 2.47. The van der Waals surface area contributed by atoms with Crippen LogP contribution in [0.3, 0.4) is 0 Å². The van der Waals surface area contributed by atoms with Gasteiger partial charge in [-0.2, -0.15) is 0 Å². The highest BCUT2D eigenvalue weighted by molar-refractivity contribution is 7.91. The van der Waals surface area contributed by atoms with Crippen LogP contribution in [-0.2, 0) is 29.1 Å². The van der Waals surface area contributed by atoms with E-state index in [4.69, 9.17) is 21.1 Å². The van der Waals surface area contributed by atoms with Crippen molar-refractivity contribution < 1.29 is 37.1 Å². The van der Waals surface area contributed by atoms with Crippen molar-refractivity contribution in [2.24, 2.45) is 11.3 Å². The SMILES string of the molecule is C=CCC1C[C@]1(NC(=O)[C@@H]1C[C@@H](Oc2ccc3nccc(Cl)c3c2)CN1C(=O)[C@@H](NC(=O)OC(C)(C)C)C(C)(C)C)C(=O)NS(=O)(=O)C1CC1. The summed E-state index contributed by atoms with van der Waals surface area (Å²) in [6.45, 7) is 14.2. The number of nitrogens with one attached hydrogen (secondary N) is 3. The third kappa shape index (κ3) is 8.34. The lowest BCUT2D eigenvalue weighted by atomic mass is 9.85. The Morgan fingerprint density at radius 1 is 1.14 bits per heavy atom. The number of pyridine rings is 1. The van der Waals surface area contributed by atoms with Gasteiger partial charge in [0.2, 0.25) is 21.8 Å². The van der Waals surface area contributed by atoms with Crippen LogP contribution in [0.4, 0.5) is 4.79 Å². The lowest BCUT2D eigenvalue weighted by molar-refractivity contribution is -0.143. The van der Waals surface area contributed by atoms with Gasteiger partial charge >= 0.3 is 6.09 Å². The number of sulfonamides is 1. The van der Waals surface area contributed by atoms with E-state index in [-0.39, 0.29) is 25.3 Å². The Bertz CT molecular complexity index is 1800. The van der Waals surface area contributed by atoms with Gasteiger partial charge in [0.05, 0.1) is 22.3 Å². The summed E-state index contributed by atoms with van der Waals surface area (Å²) in [6, 6.07) is 4.63. The van der Waals surface area contributed by atoms with Crippen molar-refractivity contribution in [3.8, 4) is 5.75 Å². The molecule has 2 aliphatic carbocycles. The van der Waals surface area contributed by atoms with Gasteiger partial charge < -0.3 is 25.0 Å². The van der Waals surface area contributed by atoms with Crippen LogP contribution in [-0.4, -0.2) is 83.2 Å². The maximum Gasteiger partial charge on any atom is 0.408 e. The lowest BCUT2D eigenvalue weighted by Crippen LogP contribution is -2.60. The third-order valence-electron chi connectivity index (χ3n) is 9.09. The molecule has 272 valence electrons. The predicted octanol–water partition coefficient (Wildman–Crippen LogP) is 4.24. The fourth-order valence-corrected chi connectivity index (χ4v) is 7.83. The second-order valence-corrected chi connectivity index (χ2v) is 17.8. The Hall–Kier alpha value is -3.91. The zero-order chi connectivity index (χ0) is 36.8. The van der Waals surface area contributed by atoms with E-state index in [9.17, 15) is 27.6 Å². The molecule has 50 heavy (non-hydrogen) atoms. The first-order valence-electron chi connectivity index (χ1n) is 16.7. The molecular weight excluding hydrogens is 686 g/mol. The number of halogens is 1. The third-order valence-corrected chi connectivity index (χ3v) is 11.2. The molecule has 2 aromatic rings. The van der Waals surface area contributed by atoms with Gasteiger partial charge in [-0.25, -0.2) is 13.2 Å². The Kier molecular flexibility index (Phi) is 10.2. The topological polar surface area (TPSA) is 173 Å². The fraction of sp³-hybridized carbons (Fsp3) is 0.571. The minimum Gasteiger partial charge on any atom is -0.488 e. The Labute approximate surface area is 297 Å². The van der Waals surface area contributed by atoms with E-state index in [1.54, 1.807) is 78.1 Å². The number of carbonyl (C=O) groups is 4. The molecule has 3 aliphatic rings. The van der Waals surface area contributed by atoms with E-state index < -0.39 is 73.8 Å². The molecule has 1 unspecified atom stereocenters. The minimum absolute atomic E-state index is 0.0242. The van der Waals surface area contributed by atoms with Gasteiger partial charge in [0.1, 0.15) is 35.1 Å². The van der Waals surface area contributed by atoms with Gasteiger partial charge in [-0.15, -0.1) is 6.58 Å². The first-order chi connectivity index (χ1) is 23.2. The molecule has 0 spiro atoms. The van der Waals surface area contributed by atoms with Crippen LogP contribution >= 0.6 is 11.6 Å². The number of hydrogen-bond acceptors (Lipinski definition) is 9. The number of likely N-dealkylation sites (tertiary alicyclic amines) is 1. The summed E-state index contributed by atoms with van der Waals surface area (Å²) in [5, 5.41) is 6.03. The van der Waals surface area contributed by atoms with Gasteiger partial charge in [0.15, 0.2) is 0 Å². The standard InChI is InChI=1S/C35H46ClN5O8S/c1-8-9-20-18-35(20,31(44)40-50(46,47)23-11-12-23)39-29(42)27-17-22(48-21-10-13-26-24(16-21)25(36)14-15-37-26)19-41(27)30(43)28(33(2,3)4)38-32(45)49-34(5,6)7/h8,10,13-16,20,22-23,27-28H,1,9,11-12,17-19H2,2-7H3,(H,38,45)(H,39,42)(H,40,44)/t20?,22-,27+,28-,35-/m1/s1. The minimum atomic E-state index is -3.89. The molecule has 1 saturated heterocycles. The highest BCUT2D eigenvalue weighted by atomic mass is 35.5. The number of aromatic nitrogens is 1. The number of allylic oxidation sites excluding steroid dienone is 1. The maximum atomic E-state index is 14.4. The number of fused-ring (bicyclic) bond motifs is 1. The van der Waals surface area contributed by atoms with Crippen LogP contribution in [0.2, 0.25) is 5.02 Å². The summed E-state index contributed by atoms with van der Waals surface area (Å²) in [5.41, 5.74) is -2.46. The molecule has 3 N–H and O–H groups in total. The van der Waals surface area contributed by atoms with Crippen molar-refractivity contribution in [3.05, 3.63) is 48.1 Å². The molecule has 13 nitrogen and oxygen atoms in total. The monoisotopic (exact) mass is 731 g/mol. The van der Waals surface area contributed by atoms with Crippen molar-refractivity contribution >= 4 is 56.3 Å². The second-order valence-electron chi connectivity index (χ2n) is 15.5. The first-order valence-corrected chi connectivity index (χ1v) is 18.7. The Morgan fingerprint density at radius 2 is 1.84 bits per heavy atom. The highest BCUT2D eigenvalue weighted by Gasteiger charge is 2.62. The summed E-state index contributed by atoms with van der Waals surface area (Å²) < 4.78 is 39.3. The quantitative estimate of drug-likeness (QED) is 0.286. The van der Waals surface area contributed by atoms with Gasteiger partial charge in [-0.05, 0) is 82.1 Å². The van der Waals surface area contributed by atoms with Gasteiger partial charge in [0, 0.05) is 18.0 Å². The van der Waals surface area contributed by atoms with Gasteiger partial charge in [-0.1, -0.05) is 38.4 Å². The number of hydrogen-bond donors (Lipinski definition) is 3. The molecule has 1 aliphatic heterocycles. The smallest absolute Gasteiger partial charge is 0.408 e. The Balaban J connectivity index is 1.43. The molecule has 2 heterocycles. The number of benzene rings is 1. The summed E-state index contributed by atoms with van der Waals surface area (Å²) in [6.07, 6.45) is 3.28. The molecule has 15 heteroatoms. The number of nitrogens with zero attached hydrogens (tertiary/aromatic N) is 2. The van der Waals surface area contributed by atoms with Crippen molar-refractivity contribution in [3.63, 3.8) is 0 Å².